The van der Waals surface area contributed by atoms with E-state index in [-0.39, 0.29) is 0 Å². The molecule has 2 saturated carbocycles. The predicted octanol–water partition coefficient (Wildman–Crippen LogP) is 11.6. The van der Waals surface area contributed by atoms with E-state index in [9.17, 15) is 0 Å². The Kier molecular flexibility index (Phi) is 12.1. The van der Waals surface area contributed by atoms with Gasteiger partial charge in [-0.2, -0.15) is 0 Å². The van der Waals surface area contributed by atoms with Crippen molar-refractivity contribution in [2.24, 2.45) is 17.8 Å². The summed E-state index contributed by atoms with van der Waals surface area (Å²) in [6.07, 6.45) is 25.6. The van der Waals surface area contributed by atoms with Crippen molar-refractivity contribution in [3.63, 3.8) is 0 Å². The molecule has 1 atom stereocenters. The molecule has 0 saturated heterocycles. The molecule has 0 spiro atoms. The second-order valence-corrected chi connectivity index (χ2v) is 12.9. The summed E-state index contributed by atoms with van der Waals surface area (Å²) >= 11 is 0. The molecule has 2 aromatic carbocycles. The van der Waals surface area contributed by atoms with Crippen LogP contribution in [0.15, 0.2) is 54.6 Å². The molecule has 0 nitrogen and oxygen atoms in total. The maximum absolute atomic E-state index is 2.48. The predicted molar refractivity (Wildman–Crippen MR) is 162 cm³/mol. The molecule has 0 N–H and O–H groups in total. The van der Waals surface area contributed by atoms with Crippen molar-refractivity contribution in [3.05, 3.63) is 71.3 Å². The molecule has 37 heavy (non-hydrogen) atoms. The van der Waals surface area contributed by atoms with Gasteiger partial charge in [-0.05, 0) is 91.2 Å². The number of hydrogen-bond acceptors (Lipinski definition) is 0. The third kappa shape index (κ3) is 9.30. The van der Waals surface area contributed by atoms with Gasteiger partial charge in [0.05, 0.1) is 0 Å². The van der Waals surface area contributed by atoms with Gasteiger partial charge in [0, 0.05) is 0 Å². The van der Waals surface area contributed by atoms with Gasteiger partial charge in [0.25, 0.3) is 0 Å². The average molecular weight is 501 g/mol. The summed E-state index contributed by atoms with van der Waals surface area (Å²) < 4.78 is 0. The molecule has 0 aromatic heterocycles. The molecule has 0 radical (unpaired) electrons. The molecule has 0 heterocycles. The minimum absolute atomic E-state index is 0.656. The van der Waals surface area contributed by atoms with Crippen molar-refractivity contribution >= 4 is 0 Å². The van der Waals surface area contributed by atoms with Crippen LogP contribution in [0.2, 0.25) is 0 Å². The van der Waals surface area contributed by atoms with Crippen molar-refractivity contribution in [2.75, 3.05) is 0 Å². The van der Waals surface area contributed by atoms with Crippen LogP contribution in [-0.2, 0) is 6.42 Å². The molecule has 2 aromatic rings. The van der Waals surface area contributed by atoms with Crippen LogP contribution < -0.4 is 0 Å². The Morgan fingerprint density at radius 3 is 1.78 bits per heavy atom. The molecule has 2 fully saturated rings. The van der Waals surface area contributed by atoms with Gasteiger partial charge >= 0.3 is 0 Å². The first kappa shape index (κ1) is 28.4. The lowest BCUT2D eigenvalue weighted by Crippen LogP contribution is -2.16. The van der Waals surface area contributed by atoms with E-state index in [4.69, 9.17) is 0 Å². The lowest BCUT2D eigenvalue weighted by atomic mass is 9.76. The topological polar surface area (TPSA) is 0 Å². The van der Waals surface area contributed by atoms with E-state index < -0.39 is 0 Å². The molecule has 1 unspecified atom stereocenters. The summed E-state index contributed by atoms with van der Waals surface area (Å²) in [7, 11) is 0. The fourth-order valence-corrected chi connectivity index (χ4v) is 7.53. The highest BCUT2D eigenvalue weighted by Crippen LogP contribution is 2.39. The van der Waals surface area contributed by atoms with E-state index in [1.165, 1.54) is 121 Å². The van der Waals surface area contributed by atoms with Gasteiger partial charge in [-0.3, -0.25) is 0 Å². The average Bonchev–Trinajstić information content (AvgIpc) is 2.96. The zero-order valence-corrected chi connectivity index (χ0v) is 24.3. The Balaban J connectivity index is 1.28. The molecule has 0 amide bonds. The molecule has 0 bridgehead atoms. The number of rotatable bonds is 14. The van der Waals surface area contributed by atoms with Crippen LogP contribution in [0.3, 0.4) is 0 Å². The third-order valence-electron chi connectivity index (χ3n) is 10.1. The van der Waals surface area contributed by atoms with Gasteiger partial charge in [0.15, 0.2) is 0 Å². The first-order valence-corrected chi connectivity index (χ1v) is 16.4. The molecular weight excluding hydrogens is 444 g/mol. The molecular formula is C37H56. The standard InChI is InChI=1S/C37H56/c1-3-5-8-12-31-19-24-35(25-20-31)36-26-22-33(23-27-36)29-37(34-13-9-7-10-14-34)28-21-32-17-15-30(16-18-32)11-6-4-2/h7,9-10,13-14,22-23,26-27,30-32,35,37H,3-6,8,11-12,15-21,24-25,28-29H2,1-2H3. The maximum atomic E-state index is 2.48. The number of unbranched alkanes of at least 4 members (excludes halogenated alkanes) is 3. The van der Waals surface area contributed by atoms with Crippen LogP contribution in [-0.4, -0.2) is 0 Å². The summed E-state index contributed by atoms with van der Waals surface area (Å²) in [6.45, 7) is 4.66. The Morgan fingerprint density at radius 1 is 0.595 bits per heavy atom. The van der Waals surface area contributed by atoms with Crippen LogP contribution in [0.4, 0.5) is 0 Å². The van der Waals surface area contributed by atoms with E-state index in [0.717, 1.165) is 23.7 Å². The smallest absolute Gasteiger partial charge is 0.0121 e. The monoisotopic (exact) mass is 500 g/mol. The molecule has 4 rings (SSSR count). The third-order valence-corrected chi connectivity index (χ3v) is 10.1. The van der Waals surface area contributed by atoms with Gasteiger partial charge in [-0.25, -0.2) is 0 Å². The van der Waals surface area contributed by atoms with E-state index in [0.29, 0.717) is 5.92 Å². The van der Waals surface area contributed by atoms with Crippen LogP contribution in [0.5, 0.6) is 0 Å². The van der Waals surface area contributed by atoms with Crippen molar-refractivity contribution in [2.45, 2.75) is 141 Å². The zero-order chi connectivity index (χ0) is 25.7. The lowest BCUT2D eigenvalue weighted by molar-refractivity contribution is 0.243. The van der Waals surface area contributed by atoms with E-state index in [1.807, 2.05) is 0 Å². The number of hydrogen-bond donors (Lipinski definition) is 0. The van der Waals surface area contributed by atoms with Crippen LogP contribution in [0.1, 0.15) is 152 Å². The summed E-state index contributed by atoms with van der Waals surface area (Å²) in [5, 5.41) is 0. The van der Waals surface area contributed by atoms with Crippen LogP contribution >= 0.6 is 0 Å². The summed E-state index contributed by atoms with van der Waals surface area (Å²) in [4.78, 5) is 0. The van der Waals surface area contributed by atoms with Gasteiger partial charge in [-0.15, -0.1) is 0 Å². The summed E-state index contributed by atoms with van der Waals surface area (Å²) in [5.41, 5.74) is 4.69. The van der Waals surface area contributed by atoms with Gasteiger partial charge in [0.2, 0.25) is 0 Å². The molecule has 2 aliphatic carbocycles. The Hall–Kier alpha value is -1.56. The fraction of sp³-hybridized carbons (Fsp3) is 0.676. The Bertz CT molecular complexity index is 833. The fourth-order valence-electron chi connectivity index (χ4n) is 7.53. The lowest BCUT2D eigenvalue weighted by Gasteiger charge is -2.30. The summed E-state index contributed by atoms with van der Waals surface area (Å²) in [5.74, 6) is 4.44. The number of benzene rings is 2. The van der Waals surface area contributed by atoms with Crippen molar-refractivity contribution in [1.82, 2.24) is 0 Å². The second-order valence-electron chi connectivity index (χ2n) is 12.9. The Labute approximate surface area is 230 Å². The highest BCUT2D eigenvalue weighted by Gasteiger charge is 2.24. The van der Waals surface area contributed by atoms with Crippen molar-refractivity contribution in [3.8, 4) is 0 Å². The first-order chi connectivity index (χ1) is 18.2. The Morgan fingerprint density at radius 2 is 1.16 bits per heavy atom. The molecule has 2 aliphatic rings. The minimum Gasteiger partial charge on any atom is -0.0654 e. The van der Waals surface area contributed by atoms with E-state index in [1.54, 1.807) is 11.1 Å². The normalized spacial score (nSPS) is 25.1. The zero-order valence-electron chi connectivity index (χ0n) is 24.3. The molecule has 0 aliphatic heterocycles. The van der Waals surface area contributed by atoms with Crippen LogP contribution in [0, 0.1) is 17.8 Å². The SMILES string of the molecule is CCCCCC1CCC(c2ccc(CC(CCC3CCC(CCCC)CC3)c3ccccc3)cc2)CC1. The molecule has 204 valence electrons. The highest BCUT2D eigenvalue weighted by atomic mass is 14.3. The van der Waals surface area contributed by atoms with Crippen LogP contribution in [0.25, 0.3) is 0 Å². The van der Waals surface area contributed by atoms with Crippen molar-refractivity contribution in [1.29, 1.82) is 0 Å². The van der Waals surface area contributed by atoms with Gasteiger partial charge in [-0.1, -0.05) is 139 Å². The van der Waals surface area contributed by atoms with E-state index >= 15 is 0 Å². The summed E-state index contributed by atoms with van der Waals surface area (Å²) in [6, 6.07) is 21.3. The van der Waals surface area contributed by atoms with Crippen molar-refractivity contribution < 1.29 is 0 Å². The van der Waals surface area contributed by atoms with Gasteiger partial charge < -0.3 is 0 Å². The first-order valence-electron chi connectivity index (χ1n) is 16.4. The molecule has 0 heteroatoms. The maximum Gasteiger partial charge on any atom is -0.0121 e. The quantitative estimate of drug-likeness (QED) is 0.226. The largest absolute Gasteiger partial charge is 0.0654 e. The highest BCUT2D eigenvalue weighted by molar-refractivity contribution is 5.29. The van der Waals surface area contributed by atoms with Gasteiger partial charge in [0.1, 0.15) is 0 Å². The second kappa shape index (κ2) is 15.8. The van der Waals surface area contributed by atoms with E-state index in [2.05, 4.69) is 68.4 Å². The minimum atomic E-state index is 0.656.